The lowest BCUT2D eigenvalue weighted by molar-refractivity contribution is -0.162. The van der Waals surface area contributed by atoms with Crippen molar-refractivity contribution in [2.45, 2.75) is 56.8 Å². The van der Waals surface area contributed by atoms with Gasteiger partial charge in [-0.05, 0) is 38.7 Å². The van der Waals surface area contributed by atoms with Crippen molar-refractivity contribution < 1.29 is 18.0 Å². The van der Waals surface area contributed by atoms with Crippen LogP contribution in [0.25, 0.3) is 16.5 Å². The van der Waals surface area contributed by atoms with E-state index < -0.39 is 18.1 Å². The molecule has 2 aliphatic carbocycles. The summed E-state index contributed by atoms with van der Waals surface area (Å²) in [6, 6.07) is 0.727. The van der Waals surface area contributed by atoms with Crippen molar-refractivity contribution in [3.8, 4) is 16.5 Å². The van der Waals surface area contributed by atoms with Crippen LogP contribution in [0.3, 0.4) is 0 Å². The predicted octanol–water partition coefficient (Wildman–Crippen LogP) is 5.12. The molecule has 1 N–H and O–H groups in total. The highest BCUT2D eigenvalue weighted by atomic mass is 32.1. The fourth-order valence-corrected chi connectivity index (χ4v) is 6.15. The van der Waals surface area contributed by atoms with E-state index in [0.29, 0.717) is 5.92 Å². The molecule has 0 bridgehead atoms. The first kappa shape index (κ1) is 27.1. The van der Waals surface area contributed by atoms with Gasteiger partial charge >= 0.3 is 6.18 Å². The molecule has 0 spiro atoms. The summed E-state index contributed by atoms with van der Waals surface area (Å²) in [4.78, 5) is 35.7. The Bertz CT molecular complexity index is 1600. The fourth-order valence-electron chi connectivity index (χ4n) is 5.40. The maximum atomic E-state index is 13.3. The van der Waals surface area contributed by atoms with E-state index in [1.165, 1.54) is 25.2 Å². The molecule has 0 radical (unpaired) electrons. The molecule has 5 heterocycles. The molecule has 0 aromatic carbocycles. The molecular weight excluding hydrogens is 567 g/mol. The number of carbonyl (C=O) groups excluding carboxylic acids is 1. The van der Waals surface area contributed by atoms with Crippen molar-refractivity contribution in [3.05, 3.63) is 53.9 Å². The molecular formula is C28H30F3N9OS. The number of carbonyl (C=O) groups is 1. The lowest BCUT2D eigenvalue weighted by Gasteiger charge is -2.37. The van der Waals surface area contributed by atoms with Crippen molar-refractivity contribution in [2.24, 2.45) is 0 Å². The monoisotopic (exact) mass is 597 g/mol. The number of nitrogens with zero attached hydrogens (tertiary/aromatic N) is 8. The van der Waals surface area contributed by atoms with Crippen LogP contribution in [0.5, 0.6) is 0 Å². The van der Waals surface area contributed by atoms with E-state index in [4.69, 9.17) is 0 Å². The quantitative estimate of drug-likeness (QED) is 0.301. The SMILES string of the molecule is C[C@H](n1ccnc1-c1nc(NC(=O)c2cc(-n3cnc(C4CC4)c3)c(N3CCN(C4CC4)CC3)cn2)cs1)C(F)(F)F. The van der Waals surface area contributed by atoms with E-state index in [-0.39, 0.29) is 22.3 Å². The average molecular weight is 598 g/mol. The molecule has 4 aromatic rings. The number of aromatic nitrogens is 6. The number of halogens is 3. The van der Waals surface area contributed by atoms with Gasteiger partial charge in [-0.15, -0.1) is 11.3 Å². The maximum absolute atomic E-state index is 13.3. The van der Waals surface area contributed by atoms with Gasteiger partial charge in [0.25, 0.3) is 5.91 Å². The molecule has 2 saturated carbocycles. The van der Waals surface area contributed by atoms with Gasteiger partial charge in [0.2, 0.25) is 0 Å². The molecule has 42 heavy (non-hydrogen) atoms. The zero-order valence-corrected chi connectivity index (χ0v) is 23.8. The van der Waals surface area contributed by atoms with Crippen LogP contribution >= 0.6 is 11.3 Å². The lowest BCUT2D eigenvalue weighted by atomic mass is 10.2. The second-order valence-corrected chi connectivity index (χ2v) is 12.0. The number of nitrogens with one attached hydrogen (secondary N) is 1. The number of thiazole rings is 1. The highest BCUT2D eigenvalue weighted by molar-refractivity contribution is 7.13. The van der Waals surface area contributed by atoms with E-state index >= 15 is 0 Å². The molecule has 1 atom stereocenters. The Hall–Kier alpha value is -3.78. The highest BCUT2D eigenvalue weighted by Crippen LogP contribution is 2.40. The molecule has 14 heteroatoms. The number of anilines is 2. The molecule has 220 valence electrons. The van der Waals surface area contributed by atoms with Gasteiger partial charge in [0, 0.05) is 62.1 Å². The van der Waals surface area contributed by atoms with Crippen molar-refractivity contribution in [2.75, 3.05) is 36.4 Å². The third kappa shape index (κ3) is 5.40. The average Bonchev–Trinajstić information content (AvgIpc) is 3.86. The van der Waals surface area contributed by atoms with Gasteiger partial charge in [0.05, 0.1) is 29.6 Å². The first-order valence-electron chi connectivity index (χ1n) is 14.1. The summed E-state index contributed by atoms with van der Waals surface area (Å²) >= 11 is 1.11. The van der Waals surface area contributed by atoms with Gasteiger partial charge in [0.1, 0.15) is 17.6 Å². The van der Waals surface area contributed by atoms with Crippen molar-refractivity contribution in [1.29, 1.82) is 0 Å². The van der Waals surface area contributed by atoms with Crippen LogP contribution in [0.15, 0.2) is 42.6 Å². The molecule has 0 unspecified atom stereocenters. The van der Waals surface area contributed by atoms with Crippen LogP contribution in [0.1, 0.15) is 60.7 Å². The van der Waals surface area contributed by atoms with Crippen molar-refractivity contribution in [3.63, 3.8) is 0 Å². The van der Waals surface area contributed by atoms with Crippen molar-refractivity contribution >= 4 is 28.7 Å². The Kier molecular flexibility index (Phi) is 6.76. The standard InChI is InChI=1S/C28H30F3N9OS/c1-17(28(29,30)31)40-7-6-32-25(40)27-36-24(15-42-27)35-26(41)20-12-22(39-14-21(34-16-39)18-2-3-18)23(13-33-20)38-10-8-37(9-11-38)19-4-5-19/h6-7,12-19H,2-5,8-11H2,1H3,(H,35,41)/t17-/m0/s1. The van der Waals surface area contributed by atoms with Gasteiger partial charge < -0.3 is 19.4 Å². The van der Waals surface area contributed by atoms with E-state index in [0.717, 1.165) is 85.0 Å². The van der Waals surface area contributed by atoms with Crippen LogP contribution in [0.2, 0.25) is 0 Å². The summed E-state index contributed by atoms with van der Waals surface area (Å²) < 4.78 is 43.0. The zero-order chi connectivity index (χ0) is 29.0. The Balaban J connectivity index is 1.13. The topological polar surface area (TPSA) is 97.0 Å². The minimum absolute atomic E-state index is 0.0865. The van der Waals surface area contributed by atoms with Crippen LogP contribution in [-0.4, -0.2) is 78.3 Å². The summed E-state index contributed by atoms with van der Waals surface area (Å²) in [5.74, 6) is 0.336. The summed E-state index contributed by atoms with van der Waals surface area (Å²) in [6.07, 6.45) is 8.58. The van der Waals surface area contributed by atoms with E-state index in [2.05, 4.69) is 35.1 Å². The molecule has 1 saturated heterocycles. The number of pyridine rings is 1. The lowest BCUT2D eigenvalue weighted by Crippen LogP contribution is -2.47. The number of alkyl halides is 3. The third-order valence-electron chi connectivity index (χ3n) is 8.19. The Labute approximate surface area is 244 Å². The largest absolute Gasteiger partial charge is 0.408 e. The van der Waals surface area contributed by atoms with Crippen LogP contribution in [0.4, 0.5) is 24.7 Å². The summed E-state index contributed by atoms with van der Waals surface area (Å²) in [6.45, 7) is 4.82. The van der Waals surface area contributed by atoms with Crippen LogP contribution in [0, 0.1) is 0 Å². The summed E-state index contributed by atoms with van der Waals surface area (Å²) in [7, 11) is 0. The van der Waals surface area contributed by atoms with Gasteiger partial charge in [-0.25, -0.2) is 19.9 Å². The zero-order valence-electron chi connectivity index (χ0n) is 23.0. The first-order valence-corrected chi connectivity index (χ1v) is 15.0. The van der Waals surface area contributed by atoms with Gasteiger partial charge in [-0.2, -0.15) is 13.2 Å². The molecule has 3 aliphatic rings. The first-order chi connectivity index (χ1) is 20.2. The summed E-state index contributed by atoms with van der Waals surface area (Å²) in [5, 5.41) is 4.60. The van der Waals surface area contributed by atoms with Crippen molar-refractivity contribution in [1.82, 2.24) is 34.0 Å². The molecule has 4 aromatic heterocycles. The van der Waals surface area contributed by atoms with E-state index in [1.807, 2.05) is 10.8 Å². The number of amides is 1. The maximum Gasteiger partial charge on any atom is 0.408 e. The predicted molar refractivity (Wildman–Crippen MR) is 152 cm³/mol. The Morgan fingerprint density at radius 2 is 1.86 bits per heavy atom. The second kappa shape index (κ2) is 10.5. The summed E-state index contributed by atoms with van der Waals surface area (Å²) in [5.41, 5.74) is 3.03. The molecule has 1 amide bonds. The molecule has 3 fully saturated rings. The smallest absolute Gasteiger partial charge is 0.366 e. The minimum Gasteiger partial charge on any atom is -0.366 e. The fraction of sp³-hybridized carbons (Fsp3) is 0.464. The van der Waals surface area contributed by atoms with Crippen LogP contribution < -0.4 is 10.2 Å². The second-order valence-electron chi connectivity index (χ2n) is 11.2. The van der Waals surface area contributed by atoms with Gasteiger partial charge in [-0.1, -0.05) is 0 Å². The number of imidazole rings is 2. The number of piperazine rings is 1. The van der Waals surface area contributed by atoms with E-state index in [1.54, 1.807) is 24.0 Å². The number of hydrogen-bond acceptors (Lipinski definition) is 8. The van der Waals surface area contributed by atoms with Crippen LogP contribution in [-0.2, 0) is 0 Å². The number of rotatable bonds is 8. The highest BCUT2D eigenvalue weighted by Gasteiger charge is 2.38. The molecule has 7 rings (SSSR count). The Morgan fingerprint density at radius 3 is 2.57 bits per heavy atom. The minimum atomic E-state index is -4.43. The number of hydrogen-bond donors (Lipinski definition) is 1. The molecule has 1 aliphatic heterocycles. The van der Waals surface area contributed by atoms with E-state index in [9.17, 15) is 18.0 Å². The normalized spacial score (nSPS) is 18.8. The third-order valence-corrected chi connectivity index (χ3v) is 9.02. The van der Waals surface area contributed by atoms with Gasteiger partial charge in [-0.3, -0.25) is 9.69 Å². The molecule has 10 nitrogen and oxygen atoms in total. The Morgan fingerprint density at radius 1 is 1.07 bits per heavy atom. The van der Waals surface area contributed by atoms with Gasteiger partial charge in [0.15, 0.2) is 10.8 Å².